The molecule has 0 saturated carbocycles. The molecule has 0 bridgehead atoms. The lowest BCUT2D eigenvalue weighted by Gasteiger charge is -2.20. The van der Waals surface area contributed by atoms with Gasteiger partial charge in [0, 0.05) is 13.0 Å². The van der Waals surface area contributed by atoms with Gasteiger partial charge in [0.05, 0.1) is 27.5 Å². The van der Waals surface area contributed by atoms with Crippen molar-refractivity contribution in [3.63, 3.8) is 0 Å². The van der Waals surface area contributed by atoms with Gasteiger partial charge in [-0.25, -0.2) is 4.98 Å². The van der Waals surface area contributed by atoms with Crippen LogP contribution in [0.5, 0.6) is 5.75 Å². The fraction of sp³-hybridized carbons (Fsp3) is 0.389. The van der Waals surface area contributed by atoms with Crippen molar-refractivity contribution in [2.75, 3.05) is 0 Å². The van der Waals surface area contributed by atoms with Crippen LogP contribution in [0.1, 0.15) is 54.0 Å². The predicted octanol–water partition coefficient (Wildman–Crippen LogP) is 3.78. The molecule has 0 amide bonds. The van der Waals surface area contributed by atoms with Gasteiger partial charge in [-0.05, 0) is 52.9 Å². The van der Waals surface area contributed by atoms with Crippen LogP contribution in [0.25, 0.3) is 0 Å². The zero-order valence-electron chi connectivity index (χ0n) is 13.4. The van der Waals surface area contributed by atoms with Gasteiger partial charge in [0.15, 0.2) is 0 Å². The van der Waals surface area contributed by atoms with E-state index in [4.69, 9.17) is 4.98 Å². The first-order chi connectivity index (χ1) is 11.6. The first kappa shape index (κ1) is 16.5. The van der Waals surface area contributed by atoms with Gasteiger partial charge in [0.1, 0.15) is 23.6 Å². The Kier molecular flexibility index (Phi) is 4.59. The predicted molar refractivity (Wildman–Crippen MR) is 92.5 cm³/mol. The zero-order valence-corrected chi connectivity index (χ0v) is 15.0. The van der Waals surface area contributed by atoms with E-state index in [1.807, 2.05) is 13.0 Å². The molecule has 1 aliphatic heterocycles. The van der Waals surface area contributed by atoms with E-state index in [0.717, 1.165) is 49.4 Å². The van der Waals surface area contributed by atoms with Gasteiger partial charge in [-0.1, -0.05) is 6.92 Å². The third-order valence-electron chi connectivity index (χ3n) is 4.47. The van der Waals surface area contributed by atoms with Crippen LogP contribution >= 0.6 is 15.9 Å². The maximum Gasteiger partial charge on any atom is 0.147 e. The third kappa shape index (κ3) is 2.68. The number of hydrogen-bond donors (Lipinski definition) is 1. The molecular formula is C18H17BrN4O. The van der Waals surface area contributed by atoms with Gasteiger partial charge in [0.2, 0.25) is 0 Å². The lowest BCUT2D eigenvalue weighted by atomic mass is 9.93. The maximum absolute atomic E-state index is 9.93. The molecule has 24 heavy (non-hydrogen) atoms. The summed E-state index contributed by atoms with van der Waals surface area (Å²) in [6.45, 7) is 2.92. The minimum atomic E-state index is -0.511. The number of rotatable bonds is 3. The van der Waals surface area contributed by atoms with Crippen molar-refractivity contribution in [3.05, 3.63) is 44.9 Å². The van der Waals surface area contributed by atoms with E-state index in [2.05, 4.69) is 26.6 Å². The second-order valence-corrected chi connectivity index (χ2v) is 6.75. The Labute approximate surface area is 149 Å². The lowest BCUT2D eigenvalue weighted by molar-refractivity contribution is 0.469. The van der Waals surface area contributed by atoms with Gasteiger partial charge >= 0.3 is 0 Å². The molecule has 0 radical (unpaired) electrons. The first-order valence-corrected chi connectivity index (χ1v) is 8.80. The minimum Gasteiger partial charge on any atom is -0.505 e. The Morgan fingerprint density at radius 3 is 2.83 bits per heavy atom. The Bertz CT molecular complexity index is 873. The fourth-order valence-electron chi connectivity index (χ4n) is 3.31. The average molecular weight is 385 g/mol. The van der Waals surface area contributed by atoms with Crippen molar-refractivity contribution in [2.45, 2.75) is 45.1 Å². The van der Waals surface area contributed by atoms with Crippen molar-refractivity contribution in [1.82, 2.24) is 9.55 Å². The first-order valence-electron chi connectivity index (χ1n) is 8.01. The fourth-order valence-corrected chi connectivity index (χ4v) is 3.79. The molecule has 1 atom stereocenters. The molecule has 122 valence electrons. The van der Waals surface area contributed by atoms with E-state index in [1.165, 1.54) is 0 Å². The highest BCUT2D eigenvalue weighted by Crippen LogP contribution is 2.36. The summed E-state index contributed by atoms with van der Waals surface area (Å²) in [6, 6.07) is 7.66. The van der Waals surface area contributed by atoms with Crippen LogP contribution in [0.3, 0.4) is 0 Å². The summed E-state index contributed by atoms with van der Waals surface area (Å²) in [5.74, 6) is 0.443. The summed E-state index contributed by atoms with van der Waals surface area (Å²) in [5.41, 5.74) is 2.73. The molecule has 0 spiro atoms. The van der Waals surface area contributed by atoms with E-state index < -0.39 is 5.92 Å². The van der Waals surface area contributed by atoms with Crippen molar-refractivity contribution in [3.8, 4) is 17.9 Å². The van der Waals surface area contributed by atoms with E-state index in [0.29, 0.717) is 10.0 Å². The van der Waals surface area contributed by atoms with Crippen LogP contribution < -0.4 is 0 Å². The number of benzene rings is 1. The lowest BCUT2D eigenvalue weighted by Crippen LogP contribution is -2.16. The molecule has 0 saturated heterocycles. The SMILES string of the molecule is CCc1nc2n(c1C(C#N)c1cc(Br)c(O)c(C#N)c1)CCCC2. The summed E-state index contributed by atoms with van der Waals surface area (Å²) in [6.07, 6.45) is 3.91. The summed E-state index contributed by atoms with van der Waals surface area (Å²) >= 11 is 3.28. The Morgan fingerprint density at radius 2 is 2.17 bits per heavy atom. The van der Waals surface area contributed by atoms with Gasteiger partial charge in [-0.2, -0.15) is 10.5 Å². The van der Waals surface area contributed by atoms with Crippen LogP contribution in [0.15, 0.2) is 16.6 Å². The van der Waals surface area contributed by atoms with Gasteiger partial charge in [0.25, 0.3) is 0 Å². The highest BCUT2D eigenvalue weighted by Gasteiger charge is 2.27. The smallest absolute Gasteiger partial charge is 0.147 e. The largest absolute Gasteiger partial charge is 0.505 e. The van der Waals surface area contributed by atoms with Crippen molar-refractivity contribution in [1.29, 1.82) is 10.5 Å². The normalized spacial score (nSPS) is 14.5. The van der Waals surface area contributed by atoms with Crippen molar-refractivity contribution >= 4 is 15.9 Å². The number of phenols is 1. The number of nitriles is 2. The van der Waals surface area contributed by atoms with E-state index in [9.17, 15) is 15.6 Å². The highest BCUT2D eigenvalue weighted by molar-refractivity contribution is 9.10. The summed E-state index contributed by atoms with van der Waals surface area (Å²) in [5, 5.41) is 29.0. The molecule has 1 aromatic carbocycles. The molecule has 0 fully saturated rings. The van der Waals surface area contributed by atoms with Gasteiger partial charge in [-0.3, -0.25) is 0 Å². The number of hydrogen-bond acceptors (Lipinski definition) is 4. The molecular weight excluding hydrogens is 368 g/mol. The van der Waals surface area contributed by atoms with Crippen LogP contribution in [0, 0.1) is 22.7 Å². The molecule has 3 rings (SSSR count). The number of halogens is 1. The van der Waals surface area contributed by atoms with Crippen molar-refractivity contribution in [2.24, 2.45) is 0 Å². The average Bonchev–Trinajstić information content (AvgIpc) is 2.97. The minimum absolute atomic E-state index is 0.0935. The van der Waals surface area contributed by atoms with E-state index >= 15 is 0 Å². The monoisotopic (exact) mass is 384 g/mol. The number of aromatic nitrogens is 2. The Hall–Kier alpha value is -2.31. The Balaban J connectivity index is 2.18. The molecule has 1 N–H and O–H groups in total. The molecule has 6 heteroatoms. The number of nitrogens with zero attached hydrogens (tertiary/aromatic N) is 4. The van der Waals surface area contributed by atoms with Gasteiger partial charge < -0.3 is 9.67 Å². The topological polar surface area (TPSA) is 85.6 Å². The molecule has 0 aliphatic carbocycles. The second kappa shape index (κ2) is 6.67. The molecule has 2 aromatic rings. The van der Waals surface area contributed by atoms with E-state index in [1.54, 1.807) is 12.1 Å². The van der Waals surface area contributed by atoms with Gasteiger partial charge in [-0.15, -0.1) is 0 Å². The number of imidazole rings is 1. The number of fused-ring (bicyclic) bond motifs is 1. The van der Waals surface area contributed by atoms with Crippen LogP contribution in [-0.4, -0.2) is 14.7 Å². The highest BCUT2D eigenvalue weighted by atomic mass is 79.9. The van der Waals surface area contributed by atoms with Crippen LogP contribution in [0.2, 0.25) is 0 Å². The van der Waals surface area contributed by atoms with Crippen LogP contribution in [0.4, 0.5) is 0 Å². The molecule has 1 aromatic heterocycles. The summed E-state index contributed by atoms with van der Waals surface area (Å²) < 4.78 is 2.59. The molecule has 1 aliphatic rings. The molecule has 2 heterocycles. The molecule has 1 unspecified atom stereocenters. The molecule has 5 nitrogen and oxygen atoms in total. The maximum atomic E-state index is 9.93. The Morgan fingerprint density at radius 1 is 1.38 bits per heavy atom. The third-order valence-corrected chi connectivity index (χ3v) is 5.08. The quantitative estimate of drug-likeness (QED) is 0.872. The number of aromatic hydroxyl groups is 1. The number of phenolic OH excluding ortho intramolecular Hbond substituents is 1. The second-order valence-electron chi connectivity index (χ2n) is 5.90. The standard InChI is InChI=1S/C18H17BrN4O/c1-2-15-17(23-6-4-3-5-16(23)22-15)13(10-21)11-7-12(9-20)18(24)14(19)8-11/h7-8,13,24H,2-6H2,1H3. The van der Waals surface area contributed by atoms with Crippen molar-refractivity contribution < 1.29 is 5.11 Å². The number of aryl methyl sites for hydroxylation is 2. The summed E-state index contributed by atoms with van der Waals surface area (Å²) in [4.78, 5) is 4.73. The summed E-state index contributed by atoms with van der Waals surface area (Å²) in [7, 11) is 0. The van der Waals surface area contributed by atoms with E-state index in [-0.39, 0.29) is 11.3 Å². The van der Waals surface area contributed by atoms with Crippen LogP contribution in [-0.2, 0) is 19.4 Å². The zero-order chi connectivity index (χ0) is 17.3.